The zero-order chi connectivity index (χ0) is 16.0. The van der Waals surface area contributed by atoms with Crippen LogP contribution in [0.4, 0.5) is 0 Å². The molecule has 1 aliphatic rings. The van der Waals surface area contributed by atoms with Gasteiger partial charge in [-0.15, -0.1) is 0 Å². The molecule has 0 radical (unpaired) electrons. The molecule has 0 unspecified atom stereocenters. The molecule has 1 saturated carbocycles. The van der Waals surface area contributed by atoms with E-state index in [2.05, 4.69) is 10.1 Å². The quantitative estimate of drug-likeness (QED) is 0.617. The van der Waals surface area contributed by atoms with Crippen molar-refractivity contribution >= 4 is 17.8 Å². The molecular formula is C14H25N3O4. The van der Waals surface area contributed by atoms with E-state index >= 15 is 0 Å². The van der Waals surface area contributed by atoms with Crippen LogP contribution in [0.2, 0.25) is 0 Å². The summed E-state index contributed by atoms with van der Waals surface area (Å²) >= 11 is 0. The van der Waals surface area contributed by atoms with Crippen molar-refractivity contribution < 1.29 is 19.1 Å². The van der Waals surface area contributed by atoms with E-state index in [1.807, 2.05) is 13.8 Å². The van der Waals surface area contributed by atoms with Gasteiger partial charge in [0.25, 0.3) is 0 Å². The number of esters is 1. The minimum atomic E-state index is -0.384. The van der Waals surface area contributed by atoms with Crippen molar-refractivity contribution in [1.29, 1.82) is 0 Å². The second kappa shape index (κ2) is 7.97. The van der Waals surface area contributed by atoms with Crippen LogP contribution < -0.4 is 5.32 Å². The number of carbonyl (C=O) groups is 3. The average molecular weight is 299 g/mol. The lowest BCUT2D eigenvalue weighted by Gasteiger charge is -2.26. The molecule has 2 amide bonds. The zero-order valence-corrected chi connectivity index (χ0v) is 13.2. The summed E-state index contributed by atoms with van der Waals surface area (Å²) in [6.45, 7) is 3.98. The van der Waals surface area contributed by atoms with Crippen LogP contribution in [0.25, 0.3) is 0 Å². The molecule has 0 aliphatic heterocycles. The van der Waals surface area contributed by atoms with Crippen LogP contribution in [0, 0.1) is 0 Å². The standard InChI is InChI=1S/C14H25N3O4/c1-10(2)17(9-14(20)21-4)8-13(19)16(3)7-12(18)15-11-5-6-11/h10-11H,5-9H2,1-4H3,(H,15,18). The monoisotopic (exact) mass is 299 g/mol. The molecule has 1 fully saturated rings. The predicted molar refractivity (Wildman–Crippen MR) is 77.5 cm³/mol. The highest BCUT2D eigenvalue weighted by atomic mass is 16.5. The number of carbonyl (C=O) groups excluding carboxylic acids is 3. The van der Waals surface area contributed by atoms with Gasteiger partial charge in [0.2, 0.25) is 11.8 Å². The van der Waals surface area contributed by atoms with Gasteiger partial charge in [-0.3, -0.25) is 19.3 Å². The number of methoxy groups -OCH3 is 1. The Balaban J connectivity index is 2.43. The fraction of sp³-hybridized carbons (Fsp3) is 0.786. The molecule has 7 heteroatoms. The van der Waals surface area contributed by atoms with E-state index in [0.29, 0.717) is 0 Å². The van der Waals surface area contributed by atoms with E-state index in [9.17, 15) is 14.4 Å². The molecule has 120 valence electrons. The first-order valence-electron chi connectivity index (χ1n) is 7.17. The van der Waals surface area contributed by atoms with Crippen LogP contribution in [0.3, 0.4) is 0 Å². The van der Waals surface area contributed by atoms with E-state index in [0.717, 1.165) is 12.8 Å². The topological polar surface area (TPSA) is 79.0 Å². The van der Waals surface area contributed by atoms with Gasteiger partial charge in [-0.05, 0) is 26.7 Å². The number of amides is 2. The molecule has 21 heavy (non-hydrogen) atoms. The summed E-state index contributed by atoms with van der Waals surface area (Å²) in [5.41, 5.74) is 0. The molecule has 1 N–H and O–H groups in total. The van der Waals surface area contributed by atoms with Gasteiger partial charge in [0, 0.05) is 19.1 Å². The van der Waals surface area contributed by atoms with Gasteiger partial charge in [0.15, 0.2) is 0 Å². The first-order chi connectivity index (χ1) is 9.83. The lowest BCUT2D eigenvalue weighted by molar-refractivity contribution is -0.144. The molecule has 0 aromatic heterocycles. The lowest BCUT2D eigenvalue weighted by atomic mass is 10.3. The van der Waals surface area contributed by atoms with Gasteiger partial charge < -0.3 is 15.0 Å². The lowest BCUT2D eigenvalue weighted by Crippen LogP contribution is -2.46. The molecule has 1 aliphatic carbocycles. The Morgan fingerprint density at radius 3 is 2.29 bits per heavy atom. The molecule has 0 aromatic rings. The number of hydrogen-bond donors (Lipinski definition) is 1. The number of ether oxygens (including phenoxy) is 1. The predicted octanol–water partition coefficient (Wildman–Crippen LogP) is -0.393. The zero-order valence-electron chi connectivity index (χ0n) is 13.2. The molecule has 0 aromatic carbocycles. The van der Waals surface area contributed by atoms with Crippen molar-refractivity contribution in [3.63, 3.8) is 0 Å². The molecule has 0 atom stereocenters. The van der Waals surface area contributed by atoms with Crippen molar-refractivity contribution in [1.82, 2.24) is 15.1 Å². The summed E-state index contributed by atoms with van der Waals surface area (Å²) in [6.07, 6.45) is 2.04. The molecule has 7 nitrogen and oxygen atoms in total. The molecule has 0 saturated heterocycles. The van der Waals surface area contributed by atoms with Crippen LogP contribution in [0.15, 0.2) is 0 Å². The van der Waals surface area contributed by atoms with Gasteiger partial charge in [-0.1, -0.05) is 0 Å². The third-order valence-corrected chi connectivity index (χ3v) is 3.38. The van der Waals surface area contributed by atoms with Crippen molar-refractivity contribution in [2.24, 2.45) is 0 Å². The Morgan fingerprint density at radius 2 is 1.81 bits per heavy atom. The third kappa shape index (κ3) is 6.57. The Kier molecular flexibility index (Phi) is 6.61. The van der Waals surface area contributed by atoms with Crippen LogP contribution in [0.5, 0.6) is 0 Å². The second-order valence-electron chi connectivity index (χ2n) is 5.67. The number of likely N-dealkylation sites (N-methyl/N-ethyl adjacent to an activating group) is 1. The minimum absolute atomic E-state index is 0.0294. The van der Waals surface area contributed by atoms with Gasteiger partial charge in [0.05, 0.1) is 26.7 Å². The summed E-state index contributed by atoms with van der Waals surface area (Å²) in [6, 6.07) is 0.314. The molecule has 0 spiro atoms. The summed E-state index contributed by atoms with van der Waals surface area (Å²) < 4.78 is 4.62. The van der Waals surface area contributed by atoms with E-state index in [1.165, 1.54) is 12.0 Å². The maximum absolute atomic E-state index is 12.1. The highest BCUT2D eigenvalue weighted by molar-refractivity contribution is 5.86. The Labute approximate surface area is 125 Å². The fourth-order valence-electron chi connectivity index (χ4n) is 1.75. The van der Waals surface area contributed by atoms with Crippen LogP contribution in [-0.2, 0) is 19.1 Å². The van der Waals surface area contributed by atoms with Crippen molar-refractivity contribution in [3.05, 3.63) is 0 Å². The maximum Gasteiger partial charge on any atom is 0.319 e. The minimum Gasteiger partial charge on any atom is -0.468 e. The molecular weight excluding hydrogens is 274 g/mol. The fourth-order valence-corrected chi connectivity index (χ4v) is 1.75. The molecule has 0 heterocycles. The SMILES string of the molecule is COC(=O)CN(CC(=O)N(C)CC(=O)NC1CC1)C(C)C. The first-order valence-corrected chi connectivity index (χ1v) is 7.17. The summed E-state index contributed by atoms with van der Waals surface area (Å²) in [5.74, 6) is -0.721. The van der Waals surface area contributed by atoms with Crippen molar-refractivity contribution in [2.45, 2.75) is 38.8 Å². The van der Waals surface area contributed by atoms with Crippen LogP contribution >= 0.6 is 0 Å². The summed E-state index contributed by atoms with van der Waals surface area (Å²) in [7, 11) is 2.91. The number of nitrogens with one attached hydrogen (secondary N) is 1. The van der Waals surface area contributed by atoms with Crippen molar-refractivity contribution in [2.75, 3.05) is 33.8 Å². The van der Waals surface area contributed by atoms with E-state index < -0.39 is 0 Å². The first kappa shape index (κ1) is 17.4. The second-order valence-corrected chi connectivity index (χ2v) is 5.67. The molecule has 0 bridgehead atoms. The third-order valence-electron chi connectivity index (χ3n) is 3.38. The molecule has 1 rings (SSSR count). The Hall–Kier alpha value is -1.63. The normalized spacial score (nSPS) is 14.2. The van der Waals surface area contributed by atoms with E-state index in [-0.39, 0.29) is 49.5 Å². The largest absolute Gasteiger partial charge is 0.468 e. The average Bonchev–Trinajstić information content (AvgIpc) is 3.20. The smallest absolute Gasteiger partial charge is 0.319 e. The maximum atomic E-state index is 12.1. The van der Waals surface area contributed by atoms with E-state index in [4.69, 9.17) is 0 Å². The summed E-state index contributed by atoms with van der Waals surface area (Å²) in [5, 5.41) is 2.84. The Bertz CT molecular complexity index is 394. The van der Waals surface area contributed by atoms with Crippen LogP contribution in [0.1, 0.15) is 26.7 Å². The number of rotatable bonds is 8. The Morgan fingerprint density at radius 1 is 1.19 bits per heavy atom. The highest BCUT2D eigenvalue weighted by Gasteiger charge is 2.25. The summed E-state index contributed by atoms with van der Waals surface area (Å²) in [4.78, 5) is 38.2. The number of hydrogen-bond acceptors (Lipinski definition) is 5. The number of nitrogens with zero attached hydrogens (tertiary/aromatic N) is 2. The van der Waals surface area contributed by atoms with Gasteiger partial charge >= 0.3 is 5.97 Å². The van der Waals surface area contributed by atoms with Gasteiger partial charge in [-0.25, -0.2) is 0 Å². The van der Waals surface area contributed by atoms with Crippen LogP contribution in [-0.4, -0.2) is 73.5 Å². The van der Waals surface area contributed by atoms with Gasteiger partial charge in [0.1, 0.15) is 0 Å². The van der Waals surface area contributed by atoms with E-state index in [1.54, 1.807) is 11.9 Å². The van der Waals surface area contributed by atoms with Crippen molar-refractivity contribution in [3.8, 4) is 0 Å². The van der Waals surface area contributed by atoms with Gasteiger partial charge in [-0.2, -0.15) is 0 Å². The highest BCUT2D eigenvalue weighted by Crippen LogP contribution is 2.18.